The van der Waals surface area contributed by atoms with Gasteiger partial charge in [0.15, 0.2) is 5.78 Å². The SMILES string of the molecule is CC(=O)c1cccc(NC(=O)CC(O)C(C)C)c1. The summed E-state index contributed by atoms with van der Waals surface area (Å²) >= 11 is 0. The predicted molar refractivity (Wildman–Crippen MR) is 70.5 cm³/mol. The summed E-state index contributed by atoms with van der Waals surface area (Å²) in [6.07, 6.45) is -0.594. The molecule has 1 rings (SSSR count). The number of amides is 1. The van der Waals surface area contributed by atoms with Crippen molar-refractivity contribution in [3.05, 3.63) is 29.8 Å². The Morgan fingerprint density at radius 3 is 2.56 bits per heavy atom. The van der Waals surface area contributed by atoms with E-state index in [1.54, 1.807) is 24.3 Å². The first-order chi connectivity index (χ1) is 8.40. The van der Waals surface area contributed by atoms with Crippen molar-refractivity contribution in [2.45, 2.75) is 33.3 Å². The van der Waals surface area contributed by atoms with Crippen molar-refractivity contribution in [3.63, 3.8) is 0 Å². The van der Waals surface area contributed by atoms with E-state index in [4.69, 9.17) is 0 Å². The van der Waals surface area contributed by atoms with Crippen LogP contribution in [-0.2, 0) is 4.79 Å². The summed E-state index contributed by atoms with van der Waals surface area (Å²) < 4.78 is 0. The molecule has 1 unspecified atom stereocenters. The molecule has 0 radical (unpaired) electrons. The number of carbonyl (C=O) groups is 2. The molecule has 98 valence electrons. The van der Waals surface area contributed by atoms with Gasteiger partial charge in [0.1, 0.15) is 0 Å². The van der Waals surface area contributed by atoms with Crippen molar-refractivity contribution < 1.29 is 14.7 Å². The average Bonchev–Trinajstić information content (AvgIpc) is 2.28. The third-order valence-electron chi connectivity index (χ3n) is 2.72. The van der Waals surface area contributed by atoms with Crippen LogP contribution in [0.5, 0.6) is 0 Å². The molecule has 0 spiro atoms. The predicted octanol–water partition coefficient (Wildman–Crippen LogP) is 2.23. The van der Waals surface area contributed by atoms with Gasteiger partial charge in [-0.2, -0.15) is 0 Å². The molecule has 0 aliphatic carbocycles. The van der Waals surface area contributed by atoms with Crippen molar-refractivity contribution in [1.29, 1.82) is 0 Å². The highest BCUT2D eigenvalue weighted by Crippen LogP contribution is 2.13. The first-order valence-electron chi connectivity index (χ1n) is 5.99. The molecule has 4 heteroatoms. The van der Waals surface area contributed by atoms with Gasteiger partial charge in [-0.1, -0.05) is 26.0 Å². The number of aliphatic hydroxyl groups is 1. The third-order valence-corrected chi connectivity index (χ3v) is 2.72. The quantitative estimate of drug-likeness (QED) is 0.786. The lowest BCUT2D eigenvalue weighted by Crippen LogP contribution is -2.23. The number of benzene rings is 1. The molecule has 0 aliphatic heterocycles. The zero-order valence-corrected chi connectivity index (χ0v) is 10.9. The van der Waals surface area contributed by atoms with Crippen LogP contribution in [0.4, 0.5) is 5.69 Å². The Morgan fingerprint density at radius 2 is 2.00 bits per heavy atom. The molecule has 0 saturated heterocycles. The normalized spacial score (nSPS) is 12.3. The molecule has 1 atom stereocenters. The van der Waals surface area contributed by atoms with Crippen LogP contribution < -0.4 is 5.32 Å². The molecule has 1 aromatic rings. The van der Waals surface area contributed by atoms with Crippen LogP contribution in [0.15, 0.2) is 24.3 Å². The fourth-order valence-corrected chi connectivity index (χ4v) is 1.45. The van der Waals surface area contributed by atoms with Crippen LogP contribution in [0.25, 0.3) is 0 Å². The van der Waals surface area contributed by atoms with Gasteiger partial charge in [0.2, 0.25) is 5.91 Å². The van der Waals surface area contributed by atoms with Crippen LogP contribution in [0.1, 0.15) is 37.6 Å². The summed E-state index contributed by atoms with van der Waals surface area (Å²) in [6, 6.07) is 6.75. The maximum absolute atomic E-state index is 11.7. The molecule has 18 heavy (non-hydrogen) atoms. The van der Waals surface area contributed by atoms with Gasteiger partial charge in [0.25, 0.3) is 0 Å². The second-order valence-corrected chi connectivity index (χ2v) is 4.70. The van der Waals surface area contributed by atoms with E-state index in [2.05, 4.69) is 5.32 Å². The Balaban J connectivity index is 2.65. The molecule has 1 amide bonds. The topological polar surface area (TPSA) is 66.4 Å². The van der Waals surface area contributed by atoms with Crippen molar-refractivity contribution in [2.24, 2.45) is 5.92 Å². The highest BCUT2D eigenvalue weighted by Gasteiger charge is 2.14. The summed E-state index contributed by atoms with van der Waals surface area (Å²) in [4.78, 5) is 22.9. The zero-order valence-electron chi connectivity index (χ0n) is 10.9. The lowest BCUT2D eigenvalue weighted by Gasteiger charge is -2.14. The summed E-state index contributed by atoms with van der Waals surface area (Å²) in [5.74, 6) is -0.260. The number of rotatable bonds is 5. The van der Waals surface area contributed by atoms with Gasteiger partial charge >= 0.3 is 0 Å². The summed E-state index contributed by atoms with van der Waals surface area (Å²) in [5.41, 5.74) is 1.13. The van der Waals surface area contributed by atoms with Crippen LogP contribution in [0.3, 0.4) is 0 Å². The van der Waals surface area contributed by atoms with Gasteiger partial charge in [0, 0.05) is 11.3 Å². The number of hydrogen-bond donors (Lipinski definition) is 2. The summed E-state index contributed by atoms with van der Waals surface area (Å²) in [6.45, 7) is 5.19. The van der Waals surface area contributed by atoms with Gasteiger partial charge in [0.05, 0.1) is 12.5 Å². The number of hydrogen-bond acceptors (Lipinski definition) is 3. The van der Waals surface area contributed by atoms with Gasteiger partial charge < -0.3 is 10.4 Å². The molecule has 0 saturated carbocycles. The Kier molecular flexibility index (Phi) is 5.04. The fourth-order valence-electron chi connectivity index (χ4n) is 1.45. The molecule has 0 fully saturated rings. The monoisotopic (exact) mass is 249 g/mol. The number of nitrogens with one attached hydrogen (secondary N) is 1. The van der Waals surface area contributed by atoms with E-state index in [-0.39, 0.29) is 24.0 Å². The number of Topliss-reactive ketones (excluding diaryl/α,β-unsaturated/α-hetero) is 1. The second-order valence-electron chi connectivity index (χ2n) is 4.70. The third kappa shape index (κ3) is 4.30. The van der Waals surface area contributed by atoms with E-state index in [0.717, 1.165) is 0 Å². The molecule has 0 heterocycles. The maximum atomic E-state index is 11.7. The zero-order chi connectivity index (χ0) is 13.7. The van der Waals surface area contributed by atoms with Crippen LogP contribution in [-0.4, -0.2) is 22.9 Å². The number of anilines is 1. The smallest absolute Gasteiger partial charge is 0.226 e. The number of carbonyl (C=O) groups excluding carboxylic acids is 2. The van der Waals surface area contributed by atoms with E-state index < -0.39 is 6.10 Å². The standard InChI is InChI=1S/C14H19NO3/c1-9(2)13(17)8-14(18)15-12-6-4-5-11(7-12)10(3)16/h4-7,9,13,17H,8H2,1-3H3,(H,15,18). The second kappa shape index (κ2) is 6.31. The molecular weight excluding hydrogens is 230 g/mol. The minimum absolute atomic E-state index is 0.0410. The Labute approximate surface area is 107 Å². The molecule has 2 N–H and O–H groups in total. The molecule has 4 nitrogen and oxygen atoms in total. The van der Waals surface area contributed by atoms with Gasteiger partial charge in [-0.15, -0.1) is 0 Å². The first kappa shape index (κ1) is 14.4. The van der Waals surface area contributed by atoms with Crippen molar-refractivity contribution in [1.82, 2.24) is 0 Å². The molecule has 0 aliphatic rings. The Bertz CT molecular complexity index is 440. The minimum atomic E-state index is -0.652. The number of aliphatic hydroxyl groups excluding tert-OH is 1. The van der Waals surface area contributed by atoms with E-state index in [1.807, 2.05) is 13.8 Å². The van der Waals surface area contributed by atoms with Crippen molar-refractivity contribution >= 4 is 17.4 Å². The van der Waals surface area contributed by atoms with Crippen LogP contribution in [0.2, 0.25) is 0 Å². The number of ketones is 1. The van der Waals surface area contributed by atoms with Gasteiger partial charge in [-0.3, -0.25) is 9.59 Å². The van der Waals surface area contributed by atoms with Crippen molar-refractivity contribution in [2.75, 3.05) is 5.32 Å². The van der Waals surface area contributed by atoms with Gasteiger partial charge in [-0.25, -0.2) is 0 Å². The lowest BCUT2D eigenvalue weighted by atomic mass is 10.0. The van der Waals surface area contributed by atoms with E-state index in [0.29, 0.717) is 11.3 Å². The fraction of sp³-hybridized carbons (Fsp3) is 0.429. The summed E-state index contributed by atoms with van der Waals surface area (Å²) in [5, 5.41) is 12.3. The van der Waals surface area contributed by atoms with Crippen LogP contribution >= 0.6 is 0 Å². The highest BCUT2D eigenvalue weighted by atomic mass is 16.3. The molecule has 0 aromatic heterocycles. The molecular formula is C14H19NO3. The first-order valence-corrected chi connectivity index (χ1v) is 5.99. The summed E-state index contributed by atoms with van der Waals surface area (Å²) in [7, 11) is 0. The average molecular weight is 249 g/mol. The minimum Gasteiger partial charge on any atom is -0.392 e. The Hall–Kier alpha value is -1.68. The maximum Gasteiger partial charge on any atom is 0.226 e. The molecule has 0 bridgehead atoms. The van der Waals surface area contributed by atoms with E-state index in [9.17, 15) is 14.7 Å². The highest BCUT2D eigenvalue weighted by molar-refractivity contribution is 5.97. The van der Waals surface area contributed by atoms with E-state index >= 15 is 0 Å². The van der Waals surface area contributed by atoms with Gasteiger partial charge in [-0.05, 0) is 25.0 Å². The molecule has 1 aromatic carbocycles. The van der Waals surface area contributed by atoms with E-state index in [1.165, 1.54) is 6.92 Å². The Morgan fingerprint density at radius 1 is 1.33 bits per heavy atom. The van der Waals surface area contributed by atoms with Crippen LogP contribution in [0, 0.1) is 5.92 Å². The lowest BCUT2D eigenvalue weighted by molar-refractivity contribution is -0.118. The largest absolute Gasteiger partial charge is 0.392 e. The van der Waals surface area contributed by atoms with Crippen molar-refractivity contribution in [3.8, 4) is 0 Å².